The highest BCUT2D eigenvalue weighted by Crippen LogP contribution is 2.18. The molecule has 1 amide bonds. The number of carbonyl (C=O) groups is 1. The molecule has 0 saturated carbocycles. The number of carbonyl (C=O) groups excluding carboxylic acids is 1. The molecule has 5 heteroatoms. The van der Waals surface area contributed by atoms with Crippen molar-refractivity contribution in [2.24, 2.45) is 0 Å². The predicted molar refractivity (Wildman–Crippen MR) is 85.4 cm³/mol. The molecule has 1 heterocycles. The van der Waals surface area contributed by atoms with Crippen LogP contribution in [0.2, 0.25) is 0 Å². The lowest BCUT2D eigenvalue weighted by atomic mass is 10.1. The van der Waals surface area contributed by atoms with Gasteiger partial charge in [0.1, 0.15) is 11.4 Å². The molecule has 2 aromatic rings. The number of aromatic nitrogens is 1. The van der Waals surface area contributed by atoms with Crippen molar-refractivity contribution in [3.05, 3.63) is 58.3 Å². The molecule has 4 nitrogen and oxygen atoms in total. The van der Waals surface area contributed by atoms with E-state index in [9.17, 15) is 4.79 Å². The molecule has 1 unspecified atom stereocenters. The Bertz CT molecular complexity index is 597. The number of nitrogens with zero attached hydrogens (tertiary/aromatic N) is 1. The highest BCUT2D eigenvalue weighted by Gasteiger charge is 2.12. The Hall–Kier alpha value is -1.88. The van der Waals surface area contributed by atoms with E-state index in [0.29, 0.717) is 12.3 Å². The SMILES string of the molecule is CCOc1ccc(C(C)NC(=O)c2ccc(Br)cn2)cc1. The van der Waals surface area contributed by atoms with Gasteiger partial charge in [-0.25, -0.2) is 4.98 Å². The fourth-order valence-electron chi connectivity index (χ4n) is 1.88. The number of hydrogen-bond acceptors (Lipinski definition) is 3. The van der Waals surface area contributed by atoms with Gasteiger partial charge >= 0.3 is 0 Å². The topological polar surface area (TPSA) is 51.2 Å². The second-order valence-corrected chi connectivity index (χ2v) is 5.47. The third-order valence-corrected chi connectivity index (χ3v) is 3.47. The molecule has 0 fully saturated rings. The Morgan fingerprint density at radius 1 is 1.29 bits per heavy atom. The first-order valence-corrected chi connectivity index (χ1v) is 7.54. The molecule has 0 aliphatic heterocycles. The molecule has 110 valence electrons. The number of benzene rings is 1. The lowest BCUT2D eigenvalue weighted by molar-refractivity contribution is 0.0935. The van der Waals surface area contributed by atoms with E-state index in [4.69, 9.17) is 4.74 Å². The van der Waals surface area contributed by atoms with Crippen LogP contribution in [0, 0.1) is 0 Å². The van der Waals surface area contributed by atoms with E-state index < -0.39 is 0 Å². The molecule has 1 aromatic carbocycles. The monoisotopic (exact) mass is 348 g/mol. The zero-order chi connectivity index (χ0) is 15.2. The zero-order valence-corrected chi connectivity index (χ0v) is 13.6. The van der Waals surface area contributed by atoms with Gasteiger partial charge in [-0.2, -0.15) is 0 Å². The first-order chi connectivity index (χ1) is 10.1. The van der Waals surface area contributed by atoms with E-state index in [1.54, 1.807) is 18.3 Å². The van der Waals surface area contributed by atoms with Gasteiger partial charge in [-0.05, 0) is 59.6 Å². The van der Waals surface area contributed by atoms with Crippen molar-refractivity contribution in [1.82, 2.24) is 10.3 Å². The maximum atomic E-state index is 12.1. The summed E-state index contributed by atoms with van der Waals surface area (Å²) in [5.74, 6) is 0.637. The van der Waals surface area contributed by atoms with E-state index in [2.05, 4.69) is 26.2 Å². The molecule has 0 aliphatic carbocycles. The molecule has 0 spiro atoms. The molecule has 1 N–H and O–H groups in total. The van der Waals surface area contributed by atoms with E-state index >= 15 is 0 Å². The summed E-state index contributed by atoms with van der Waals surface area (Å²) in [6.45, 7) is 4.52. The van der Waals surface area contributed by atoms with E-state index in [0.717, 1.165) is 15.8 Å². The Labute approximate surface area is 132 Å². The van der Waals surface area contributed by atoms with Crippen LogP contribution in [0.25, 0.3) is 0 Å². The fourth-order valence-corrected chi connectivity index (χ4v) is 2.12. The minimum atomic E-state index is -0.191. The Balaban J connectivity index is 2.01. The van der Waals surface area contributed by atoms with Gasteiger partial charge in [0.2, 0.25) is 0 Å². The highest BCUT2D eigenvalue weighted by molar-refractivity contribution is 9.10. The second kappa shape index (κ2) is 7.22. The van der Waals surface area contributed by atoms with Crippen LogP contribution in [0.15, 0.2) is 47.1 Å². The average Bonchev–Trinajstić information content (AvgIpc) is 2.49. The van der Waals surface area contributed by atoms with Gasteiger partial charge < -0.3 is 10.1 Å². The first-order valence-electron chi connectivity index (χ1n) is 6.75. The van der Waals surface area contributed by atoms with Gasteiger partial charge in [-0.15, -0.1) is 0 Å². The normalized spacial score (nSPS) is 11.8. The van der Waals surface area contributed by atoms with Gasteiger partial charge in [0.25, 0.3) is 5.91 Å². The summed E-state index contributed by atoms with van der Waals surface area (Å²) in [6.07, 6.45) is 1.61. The second-order valence-electron chi connectivity index (χ2n) is 4.56. The fraction of sp³-hybridized carbons (Fsp3) is 0.250. The van der Waals surface area contributed by atoms with Crippen LogP contribution in [0.3, 0.4) is 0 Å². The Morgan fingerprint density at radius 3 is 2.57 bits per heavy atom. The summed E-state index contributed by atoms with van der Waals surface area (Å²) < 4.78 is 6.25. The van der Waals surface area contributed by atoms with E-state index in [-0.39, 0.29) is 11.9 Å². The Kier molecular flexibility index (Phi) is 5.33. The summed E-state index contributed by atoms with van der Waals surface area (Å²) in [5, 5.41) is 2.93. The third kappa shape index (κ3) is 4.29. The molecule has 0 aliphatic rings. The molecule has 0 bridgehead atoms. The van der Waals surface area contributed by atoms with Crippen molar-refractivity contribution in [2.75, 3.05) is 6.61 Å². The average molecular weight is 349 g/mol. The third-order valence-electron chi connectivity index (χ3n) is 3.00. The smallest absolute Gasteiger partial charge is 0.270 e. The van der Waals surface area contributed by atoms with Crippen LogP contribution >= 0.6 is 15.9 Å². The van der Waals surface area contributed by atoms with Crippen LogP contribution in [0.4, 0.5) is 0 Å². The molecule has 0 radical (unpaired) electrons. The number of hydrogen-bond donors (Lipinski definition) is 1. The van der Waals surface area contributed by atoms with Gasteiger partial charge in [0.15, 0.2) is 0 Å². The maximum Gasteiger partial charge on any atom is 0.270 e. The van der Waals surface area contributed by atoms with Crippen molar-refractivity contribution in [2.45, 2.75) is 19.9 Å². The molecule has 1 atom stereocenters. The van der Waals surface area contributed by atoms with Gasteiger partial charge in [-0.3, -0.25) is 4.79 Å². The molecular weight excluding hydrogens is 332 g/mol. The number of nitrogens with one attached hydrogen (secondary N) is 1. The van der Waals surface area contributed by atoms with Crippen LogP contribution in [-0.4, -0.2) is 17.5 Å². The lowest BCUT2D eigenvalue weighted by Gasteiger charge is -2.14. The van der Waals surface area contributed by atoms with Crippen LogP contribution in [0.5, 0.6) is 5.75 Å². The molecule has 21 heavy (non-hydrogen) atoms. The predicted octanol–water partition coefficient (Wildman–Crippen LogP) is 3.73. The van der Waals surface area contributed by atoms with Crippen molar-refractivity contribution >= 4 is 21.8 Å². The summed E-state index contributed by atoms with van der Waals surface area (Å²) >= 11 is 3.30. The molecular formula is C16H17BrN2O2. The highest BCUT2D eigenvalue weighted by atomic mass is 79.9. The summed E-state index contributed by atoms with van der Waals surface area (Å²) in [7, 11) is 0. The number of ether oxygens (including phenoxy) is 1. The quantitative estimate of drug-likeness (QED) is 0.895. The molecule has 0 saturated heterocycles. The number of amides is 1. The number of halogens is 1. The van der Waals surface area contributed by atoms with Crippen LogP contribution < -0.4 is 10.1 Å². The van der Waals surface area contributed by atoms with Crippen LogP contribution in [0.1, 0.15) is 35.9 Å². The molecule has 1 aromatic heterocycles. The first kappa shape index (κ1) is 15.5. The summed E-state index contributed by atoms with van der Waals surface area (Å²) in [6, 6.07) is 11.1. The summed E-state index contributed by atoms with van der Waals surface area (Å²) in [4.78, 5) is 16.2. The standard InChI is InChI=1S/C16H17BrN2O2/c1-3-21-14-7-4-12(5-8-14)11(2)19-16(20)15-9-6-13(17)10-18-15/h4-11H,3H2,1-2H3,(H,19,20). The van der Waals surface area contributed by atoms with E-state index in [1.807, 2.05) is 38.1 Å². The van der Waals surface area contributed by atoms with Gasteiger partial charge in [-0.1, -0.05) is 12.1 Å². The lowest BCUT2D eigenvalue weighted by Crippen LogP contribution is -2.27. The number of pyridine rings is 1. The largest absolute Gasteiger partial charge is 0.494 e. The van der Waals surface area contributed by atoms with Gasteiger partial charge in [0.05, 0.1) is 12.6 Å². The maximum absolute atomic E-state index is 12.1. The van der Waals surface area contributed by atoms with Crippen molar-refractivity contribution in [1.29, 1.82) is 0 Å². The number of rotatable bonds is 5. The van der Waals surface area contributed by atoms with Crippen LogP contribution in [-0.2, 0) is 0 Å². The molecule has 2 rings (SSSR count). The Morgan fingerprint density at radius 2 is 2.00 bits per heavy atom. The van der Waals surface area contributed by atoms with E-state index in [1.165, 1.54) is 0 Å². The minimum absolute atomic E-state index is 0.0985. The zero-order valence-electron chi connectivity index (χ0n) is 12.0. The van der Waals surface area contributed by atoms with Crippen molar-refractivity contribution in [3.8, 4) is 5.75 Å². The van der Waals surface area contributed by atoms with Gasteiger partial charge in [0, 0.05) is 10.7 Å². The van der Waals surface area contributed by atoms with Crippen molar-refractivity contribution in [3.63, 3.8) is 0 Å². The van der Waals surface area contributed by atoms with Crippen molar-refractivity contribution < 1.29 is 9.53 Å². The minimum Gasteiger partial charge on any atom is -0.494 e. The summed E-state index contributed by atoms with van der Waals surface area (Å²) in [5.41, 5.74) is 1.42.